The summed E-state index contributed by atoms with van der Waals surface area (Å²) in [7, 11) is 0. The van der Waals surface area contributed by atoms with E-state index >= 15 is 0 Å². The molecule has 0 amide bonds. The number of alkyl halides is 1. The van der Waals surface area contributed by atoms with Gasteiger partial charge in [-0.3, -0.25) is 0 Å². The third-order valence-electron chi connectivity index (χ3n) is 0.962. The lowest BCUT2D eigenvalue weighted by Crippen LogP contribution is -1.96. The van der Waals surface area contributed by atoms with Gasteiger partial charge in [0, 0.05) is 0 Å². The van der Waals surface area contributed by atoms with Gasteiger partial charge < -0.3 is 5.11 Å². The number of halogens is 1. The Labute approximate surface area is 66.3 Å². The predicted octanol–water partition coefficient (Wildman–Crippen LogP) is 1.58. The molecule has 0 fully saturated rings. The minimum Gasteiger partial charge on any atom is -0.477 e. The minimum absolute atomic E-state index is 0.158. The first-order valence-electron chi connectivity index (χ1n) is 2.47. The van der Waals surface area contributed by atoms with E-state index in [4.69, 9.17) is 16.7 Å². The lowest BCUT2D eigenvalue weighted by atomic mass is 10.4. The molecule has 5 heteroatoms. The van der Waals surface area contributed by atoms with E-state index in [1.165, 1.54) is 5.51 Å². The number of hydrogen-bond acceptors (Lipinski definition) is 3. The Kier molecular flexibility index (Phi) is 2.24. The normalized spacial score (nSPS) is 9.70. The van der Waals surface area contributed by atoms with Gasteiger partial charge in [-0.15, -0.1) is 22.9 Å². The molecule has 0 saturated carbocycles. The van der Waals surface area contributed by atoms with Crippen LogP contribution in [-0.2, 0) is 5.88 Å². The molecule has 0 bridgehead atoms. The highest BCUT2D eigenvalue weighted by molar-refractivity contribution is 7.11. The summed E-state index contributed by atoms with van der Waals surface area (Å²) in [4.78, 5) is 14.3. The number of carboxylic acids is 1. The van der Waals surface area contributed by atoms with Crippen molar-refractivity contribution in [1.82, 2.24) is 4.98 Å². The Hall–Kier alpha value is -0.610. The van der Waals surface area contributed by atoms with Crippen LogP contribution in [0.2, 0.25) is 0 Å². The molecule has 0 saturated heterocycles. The number of aromatic nitrogens is 1. The van der Waals surface area contributed by atoms with Crippen molar-refractivity contribution >= 4 is 28.9 Å². The topological polar surface area (TPSA) is 50.2 Å². The van der Waals surface area contributed by atoms with E-state index in [1.54, 1.807) is 0 Å². The van der Waals surface area contributed by atoms with Gasteiger partial charge in [-0.1, -0.05) is 0 Å². The molecule has 1 N–H and O–H groups in total. The molecule has 1 aromatic rings. The van der Waals surface area contributed by atoms with Crippen LogP contribution in [0.3, 0.4) is 0 Å². The molecule has 1 rings (SSSR count). The molecule has 0 radical (unpaired) electrons. The molecule has 0 aromatic carbocycles. The highest BCUT2D eigenvalue weighted by Gasteiger charge is 2.11. The molecule has 0 aliphatic carbocycles. The lowest BCUT2D eigenvalue weighted by Gasteiger charge is -1.88. The summed E-state index contributed by atoms with van der Waals surface area (Å²) in [5.41, 5.74) is 1.92. The van der Waals surface area contributed by atoms with Gasteiger partial charge in [-0.05, 0) is 0 Å². The van der Waals surface area contributed by atoms with Gasteiger partial charge in [0.05, 0.1) is 17.1 Å². The first-order chi connectivity index (χ1) is 4.75. The van der Waals surface area contributed by atoms with Crippen LogP contribution in [0.25, 0.3) is 0 Å². The molecule has 0 atom stereocenters. The van der Waals surface area contributed by atoms with Crippen LogP contribution in [0.1, 0.15) is 15.4 Å². The molecule has 10 heavy (non-hydrogen) atoms. The predicted molar refractivity (Wildman–Crippen MR) is 38.6 cm³/mol. The molecule has 3 nitrogen and oxygen atoms in total. The first-order valence-corrected chi connectivity index (χ1v) is 3.88. The van der Waals surface area contributed by atoms with Gasteiger partial charge in [0.15, 0.2) is 0 Å². The van der Waals surface area contributed by atoms with Gasteiger partial charge in [0.25, 0.3) is 0 Å². The molecule has 0 aliphatic heterocycles. The lowest BCUT2D eigenvalue weighted by molar-refractivity contribution is 0.0701. The van der Waals surface area contributed by atoms with E-state index in [0.717, 1.165) is 11.3 Å². The number of nitrogens with zero attached hydrogens (tertiary/aromatic N) is 1. The Morgan fingerprint density at radius 1 is 1.90 bits per heavy atom. The number of thiazole rings is 1. The van der Waals surface area contributed by atoms with Crippen LogP contribution < -0.4 is 0 Å². The summed E-state index contributed by atoms with van der Waals surface area (Å²) in [5, 5.41) is 8.50. The van der Waals surface area contributed by atoms with Crippen molar-refractivity contribution in [3.63, 3.8) is 0 Å². The number of carboxylic acid groups (broad SMARTS) is 1. The van der Waals surface area contributed by atoms with Crippen LogP contribution in [0.4, 0.5) is 0 Å². The summed E-state index contributed by atoms with van der Waals surface area (Å²) >= 11 is 6.49. The second-order valence-corrected chi connectivity index (χ2v) is 2.69. The zero-order valence-corrected chi connectivity index (χ0v) is 6.45. The largest absolute Gasteiger partial charge is 0.477 e. The second kappa shape index (κ2) is 2.98. The molecule has 0 unspecified atom stereocenters. The average Bonchev–Trinajstić information content (AvgIpc) is 2.33. The van der Waals surface area contributed by atoms with E-state index in [2.05, 4.69) is 4.98 Å². The maximum absolute atomic E-state index is 10.4. The van der Waals surface area contributed by atoms with Crippen molar-refractivity contribution in [3.05, 3.63) is 16.1 Å². The van der Waals surface area contributed by atoms with E-state index in [1.807, 2.05) is 0 Å². The fourth-order valence-electron chi connectivity index (χ4n) is 0.538. The van der Waals surface area contributed by atoms with Crippen LogP contribution in [0.15, 0.2) is 5.51 Å². The second-order valence-electron chi connectivity index (χ2n) is 1.57. The van der Waals surface area contributed by atoms with Gasteiger partial charge in [0.1, 0.15) is 4.88 Å². The third kappa shape index (κ3) is 1.27. The SMILES string of the molecule is O=C(O)c1scnc1CCl. The van der Waals surface area contributed by atoms with Gasteiger partial charge in [0.2, 0.25) is 0 Å². The van der Waals surface area contributed by atoms with Gasteiger partial charge in [-0.25, -0.2) is 9.78 Å². The summed E-state index contributed by atoms with van der Waals surface area (Å²) in [6.07, 6.45) is 0. The fraction of sp³-hybridized carbons (Fsp3) is 0.200. The van der Waals surface area contributed by atoms with E-state index in [0.29, 0.717) is 5.69 Å². The number of hydrogen-bond donors (Lipinski definition) is 1. The highest BCUT2D eigenvalue weighted by atomic mass is 35.5. The highest BCUT2D eigenvalue weighted by Crippen LogP contribution is 2.14. The van der Waals surface area contributed by atoms with Crippen LogP contribution in [-0.4, -0.2) is 16.1 Å². The third-order valence-corrected chi connectivity index (χ3v) is 2.07. The zero-order chi connectivity index (χ0) is 7.56. The molecule has 0 spiro atoms. The Bertz CT molecular complexity index is 248. The van der Waals surface area contributed by atoms with E-state index in [-0.39, 0.29) is 10.8 Å². The molecule has 0 aliphatic rings. The molecule has 54 valence electrons. The Balaban J connectivity index is 3.01. The molecular formula is C5H4ClNO2S. The standard InChI is InChI=1S/C5H4ClNO2S/c6-1-3-4(5(8)9)10-2-7-3/h2H,1H2,(H,8,9). The number of aromatic carboxylic acids is 1. The summed E-state index contributed by atoms with van der Waals surface area (Å²) in [5.74, 6) is -0.802. The van der Waals surface area contributed by atoms with E-state index < -0.39 is 5.97 Å². The van der Waals surface area contributed by atoms with Crippen molar-refractivity contribution in [2.24, 2.45) is 0 Å². The monoisotopic (exact) mass is 177 g/mol. The Morgan fingerprint density at radius 3 is 3.00 bits per heavy atom. The number of rotatable bonds is 2. The molecule has 1 heterocycles. The van der Waals surface area contributed by atoms with Crippen LogP contribution in [0.5, 0.6) is 0 Å². The smallest absolute Gasteiger partial charge is 0.347 e. The summed E-state index contributed by atoms with van der Waals surface area (Å²) in [6, 6.07) is 0. The molecule has 1 aromatic heterocycles. The maximum Gasteiger partial charge on any atom is 0.347 e. The van der Waals surface area contributed by atoms with Crippen molar-refractivity contribution in [1.29, 1.82) is 0 Å². The minimum atomic E-state index is -0.960. The zero-order valence-electron chi connectivity index (χ0n) is 4.87. The van der Waals surface area contributed by atoms with Gasteiger partial charge >= 0.3 is 5.97 Å². The van der Waals surface area contributed by atoms with Gasteiger partial charge in [-0.2, -0.15) is 0 Å². The van der Waals surface area contributed by atoms with Crippen molar-refractivity contribution < 1.29 is 9.90 Å². The quantitative estimate of drug-likeness (QED) is 0.698. The summed E-state index contributed by atoms with van der Waals surface area (Å²) in [6.45, 7) is 0. The first kappa shape index (κ1) is 7.50. The fourth-order valence-corrected chi connectivity index (χ4v) is 1.47. The average molecular weight is 178 g/mol. The summed E-state index contributed by atoms with van der Waals surface area (Å²) < 4.78 is 0. The van der Waals surface area contributed by atoms with Crippen molar-refractivity contribution in [2.75, 3.05) is 0 Å². The van der Waals surface area contributed by atoms with E-state index in [9.17, 15) is 4.79 Å². The van der Waals surface area contributed by atoms with Crippen LogP contribution in [0, 0.1) is 0 Å². The Morgan fingerprint density at radius 2 is 2.60 bits per heavy atom. The van der Waals surface area contributed by atoms with Crippen molar-refractivity contribution in [2.45, 2.75) is 5.88 Å². The van der Waals surface area contributed by atoms with Crippen LogP contribution >= 0.6 is 22.9 Å². The van der Waals surface area contributed by atoms with Crippen molar-refractivity contribution in [3.8, 4) is 0 Å². The molecular weight excluding hydrogens is 174 g/mol. The number of carbonyl (C=O) groups is 1. The maximum atomic E-state index is 10.4.